The predicted molar refractivity (Wildman–Crippen MR) is 74.1 cm³/mol. The summed E-state index contributed by atoms with van der Waals surface area (Å²) in [6.45, 7) is 0. The molecule has 6 heteroatoms. The number of hydrogen-bond donors (Lipinski definition) is 2. The van der Waals surface area contributed by atoms with Crippen LogP contribution in [0.4, 0.5) is 4.39 Å². The average Bonchev–Trinajstić information content (AvgIpc) is 2.77. The molecule has 1 atom stereocenters. The molecule has 96 valence electrons. The van der Waals surface area contributed by atoms with E-state index in [4.69, 9.17) is 10.6 Å². The molecule has 2 aromatic rings. The van der Waals surface area contributed by atoms with Crippen LogP contribution < -0.4 is 16.0 Å². The molecule has 3 nitrogen and oxygen atoms in total. The molecule has 0 radical (unpaired) electrons. The average molecular weight is 331 g/mol. The maximum absolute atomic E-state index is 13.7. The van der Waals surface area contributed by atoms with E-state index in [2.05, 4.69) is 21.4 Å². The molecule has 0 spiro atoms. The lowest BCUT2D eigenvalue weighted by molar-refractivity contribution is 0.386. The van der Waals surface area contributed by atoms with Gasteiger partial charge in [-0.3, -0.25) is 5.84 Å². The van der Waals surface area contributed by atoms with Crippen LogP contribution >= 0.6 is 27.3 Å². The van der Waals surface area contributed by atoms with Crippen molar-refractivity contribution in [2.45, 2.75) is 6.04 Å². The van der Waals surface area contributed by atoms with E-state index in [1.165, 1.54) is 13.2 Å². The highest BCUT2D eigenvalue weighted by Gasteiger charge is 2.16. The summed E-state index contributed by atoms with van der Waals surface area (Å²) < 4.78 is 19.5. The zero-order valence-corrected chi connectivity index (χ0v) is 12.0. The van der Waals surface area contributed by atoms with Gasteiger partial charge in [-0.15, -0.1) is 11.3 Å². The van der Waals surface area contributed by atoms with Gasteiger partial charge < -0.3 is 4.74 Å². The zero-order chi connectivity index (χ0) is 13.1. The Labute approximate surface area is 117 Å². The molecular formula is C12H12BrFN2OS. The lowest BCUT2D eigenvalue weighted by Crippen LogP contribution is -2.28. The summed E-state index contributed by atoms with van der Waals surface area (Å²) >= 11 is 4.94. The first-order valence-corrected chi connectivity index (χ1v) is 6.86. The van der Waals surface area contributed by atoms with Crippen LogP contribution in [0.5, 0.6) is 5.75 Å². The first-order chi connectivity index (χ1) is 8.65. The maximum Gasteiger partial charge on any atom is 0.165 e. The number of benzene rings is 1. The first-order valence-electron chi connectivity index (χ1n) is 5.19. The second-order valence-electron chi connectivity index (χ2n) is 3.66. The molecule has 1 aromatic heterocycles. The molecule has 0 bridgehead atoms. The van der Waals surface area contributed by atoms with Gasteiger partial charge in [0.2, 0.25) is 0 Å². The summed E-state index contributed by atoms with van der Waals surface area (Å²) in [4.78, 5) is 1.01. The standard InChI is InChI=1S/C12H12BrFN2OS/c1-17-10-3-2-7(4-9(10)14)12(16-15)11-5-8(13)6-18-11/h2-6,12,16H,15H2,1H3. The van der Waals surface area contributed by atoms with Gasteiger partial charge in [-0.05, 0) is 39.7 Å². The van der Waals surface area contributed by atoms with Gasteiger partial charge in [-0.25, -0.2) is 9.82 Å². The van der Waals surface area contributed by atoms with E-state index in [0.717, 1.165) is 14.9 Å². The largest absolute Gasteiger partial charge is 0.494 e. The summed E-state index contributed by atoms with van der Waals surface area (Å²) in [6, 6.07) is 6.54. The Morgan fingerprint density at radius 3 is 2.72 bits per heavy atom. The summed E-state index contributed by atoms with van der Waals surface area (Å²) in [5.41, 5.74) is 3.45. The Bertz CT molecular complexity index is 547. The molecule has 1 heterocycles. The van der Waals surface area contributed by atoms with E-state index in [-0.39, 0.29) is 11.8 Å². The SMILES string of the molecule is COc1ccc(C(NN)c2cc(Br)cs2)cc1F. The minimum absolute atomic E-state index is 0.224. The number of thiophene rings is 1. The van der Waals surface area contributed by atoms with Crippen LogP contribution in [0.2, 0.25) is 0 Å². The number of rotatable bonds is 4. The molecule has 3 N–H and O–H groups in total. The third-order valence-electron chi connectivity index (χ3n) is 2.55. The number of ether oxygens (including phenoxy) is 1. The molecular weight excluding hydrogens is 319 g/mol. The number of nitrogens with one attached hydrogen (secondary N) is 1. The fraction of sp³-hybridized carbons (Fsp3) is 0.167. The van der Waals surface area contributed by atoms with Crippen molar-refractivity contribution in [1.82, 2.24) is 5.43 Å². The number of nitrogens with two attached hydrogens (primary N) is 1. The van der Waals surface area contributed by atoms with Crippen LogP contribution in [0.1, 0.15) is 16.5 Å². The Kier molecular flexibility index (Phi) is 4.34. The summed E-state index contributed by atoms with van der Waals surface area (Å²) in [5.74, 6) is 5.38. The van der Waals surface area contributed by atoms with Crippen molar-refractivity contribution in [1.29, 1.82) is 0 Å². The van der Waals surface area contributed by atoms with Crippen molar-refractivity contribution >= 4 is 27.3 Å². The van der Waals surface area contributed by atoms with Gasteiger partial charge in [0.15, 0.2) is 11.6 Å². The van der Waals surface area contributed by atoms with E-state index in [0.29, 0.717) is 0 Å². The summed E-state index contributed by atoms with van der Waals surface area (Å²) in [5, 5.41) is 1.96. The van der Waals surface area contributed by atoms with E-state index in [9.17, 15) is 4.39 Å². The zero-order valence-electron chi connectivity index (χ0n) is 9.61. The topological polar surface area (TPSA) is 47.3 Å². The van der Waals surface area contributed by atoms with Crippen molar-refractivity contribution < 1.29 is 9.13 Å². The van der Waals surface area contributed by atoms with Crippen LogP contribution in [-0.2, 0) is 0 Å². The number of methoxy groups -OCH3 is 1. The second kappa shape index (κ2) is 5.79. The van der Waals surface area contributed by atoms with Gasteiger partial charge in [-0.1, -0.05) is 6.07 Å². The minimum Gasteiger partial charge on any atom is -0.494 e. The molecule has 0 aliphatic carbocycles. The van der Waals surface area contributed by atoms with Gasteiger partial charge in [0.1, 0.15) is 0 Å². The van der Waals surface area contributed by atoms with Crippen molar-refractivity contribution in [3.63, 3.8) is 0 Å². The van der Waals surface area contributed by atoms with Crippen molar-refractivity contribution in [3.8, 4) is 5.75 Å². The van der Waals surface area contributed by atoms with Crippen molar-refractivity contribution in [2.24, 2.45) is 5.84 Å². The van der Waals surface area contributed by atoms with Gasteiger partial charge in [0.05, 0.1) is 13.2 Å². The minimum atomic E-state index is -0.397. The Morgan fingerprint density at radius 1 is 1.44 bits per heavy atom. The summed E-state index contributed by atoms with van der Waals surface area (Å²) in [6.07, 6.45) is 0. The molecule has 1 unspecified atom stereocenters. The molecule has 0 saturated carbocycles. The fourth-order valence-electron chi connectivity index (χ4n) is 1.68. The molecule has 2 rings (SSSR count). The second-order valence-corrected chi connectivity index (χ2v) is 5.52. The van der Waals surface area contributed by atoms with Gasteiger partial charge in [0, 0.05) is 14.7 Å². The van der Waals surface area contributed by atoms with Crippen molar-refractivity contribution in [2.75, 3.05) is 7.11 Å². The Balaban J connectivity index is 2.36. The Morgan fingerprint density at radius 2 is 2.22 bits per heavy atom. The Hall–Kier alpha value is -0.950. The van der Waals surface area contributed by atoms with Crippen LogP contribution in [0.15, 0.2) is 34.1 Å². The lowest BCUT2D eigenvalue weighted by atomic mass is 10.1. The number of hydrogen-bond acceptors (Lipinski definition) is 4. The molecule has 0 amide bonds. The highest BCUT2D eigenvalue weighted by atomic mass is 79.9. The van der Waals surface area contributed by atoms with Crippen LogP contribution in [0.3, 0.4) is 0 Å². The molecule has 0 fully saturated rings. The molecule has 1 aromatic carbocycles. The van der Waals surface area contributed by atoms with Crippen LogP contribution in [0, 0.1) is 5.82 Å². The van der Waals surface area contributed by atoms with E-state index in [1.54, 1.807) is 23.5 Å². The molecule has 18 heavy (non-hydrogen) atoms. The quantitative estimate of drug-likeness (QED) is 0.668. The van der Waals surface area contributed by atoms with Gasteiger partial charge in [-0.2, -0.15) is 0 Å². The van der Waals surface area contributed by atoms with E-state index >= 15 is 0 Å². The molecule has 0 aliphatic rings. The monoisotopic (exact) mass is 330 g/mol. The lowest BCUT2D eigenvalue weighted by Gasteiger charge is -2.15. The first kappa shape index (κ1) is 13.5. The van der Waals surface area contributed by atoms with E-state index in [1.807, 2.05) is 11.4 Å². The predicted octanol–water partition coefficient (Wildman–Crippen LogP) is 3.21. The smallest absolute Gasteiger partial charge is 0.165 e. The highest BCUT2D eigenvalue weighted by molar-refractivity contribution is 9.10. The highest BCUT2D eigenvalue weighted by Crippen LogP contribution is 2.31. The molecule has 0 saturated heterocycles. The number of halogens is 2. The van der Waals surface area contributed by atoms with E-state index < -0.39 is 5.82 Å². The third-order valence-corrected chi connectivity index (χ3v) is 4.31. The number of hydrazine groups is 1. The van der Waals surface area contributed by atoms with Crippen LogP contribution in [0.25, 0.3) is 0 Å². The normalized spacial score (nSPS) is 12.4. The summed E-state index contributed by atoms with van der Waals surface area (Å²) in [7, 11) is 1.44. The van der Waals surface area contributed by atoms with Crippen LogP contribution in [-0.4, -0.2) is 7.11 Å². The molecule has 0 aliphatic heterocycles. The third kappa shape index (κ3) is 2.72. The van der Waals surface area contributed by atoms with Gasteiger partial charge in [0.25, 0.3) is 0 Å². The fourth-order valence-corrected chi connectivity index (χ4v) is 3.21. The van der Waals surface area contributed by atoms with Crippen molar-refractivity contribution in [3.05, 3.63) is 50.4 Å². The van der Waals surface area contributed by atoms with Gasteiger partial charge >= 0.3 is 0 Å². The maximum atomic E-state index is 13.7.